The molecule has 1 aliphatic heterocycles. The fourth-order valence-corrected chi connectivity index (χ4v) is 4.69. The summed E-state index contributed by atoms with van der Waals surface area (Å²) in [4.78, 5) is 23.5. The summed E-state index contributed by atoms with van der Waals surface area (Å²) < 4.78 is 15.6. The number of carbonyl (C=O) groups is 2. The maximum absolute atomic E-state index is 12.0. The summed E-state index contributed by atoms with van der Waals surface area (Å²) in [7, 11) is 2.70. The van der Waals surface area contributed by atoms with E-state index in [2.05, 4.69) is 13.8 Å². The second kappa shape index (κ2) is 4.70. The Labute approximate surface area is 125 Å². The molecule has 4 fully saturated rings. The highest BCUT2D eigenvalue weighted by atomic mass is 16.6. The zero-order valence-electron chi connectivity index (χ0n) is 13.2. The van der Waals surface area contributed by atoms with E-state index in [9.17, 15) is 9.59 Å². The highest BCUT2D eigenvalue weighted by molar-refractivity contribution is 5.80. The fraction of sp³-hybridized carbons (Fsp3) is 0.875. The highest BCUT2D eigenvalue weighted by Gasteiger charge is 2.74. The molecule has 1 heterocycles. The van der Waals surface area contributed by atoms with E-state index >= 15 is 0 Å². The number of ether oxygens (including phenoxy) is 3. The van der Waals surface area contributed by atoms with E-state index in [0.29, 0.717) is 12.3 Å². The molecular weight excluding hydrogens is 272 g/mol. The second-order valence-electron chi connectivity index (χ2n) is 7.31. The van der Waals surface area contributed by atoms with Gasteiger partial charge in [-0.2, -0.15) is 0 Å². The van der Waals surface area contributed by atoms with Gasteiger partial charge in [0, 0.05) is 0 Å². The van der Waals surface area contributed by atoms with Crippen LogP contribution in [0.15, 0.2) is 0 Å². The van der Waals surface area contributed by atoms with E-state index < -0.39 is 5.92 Å². The molecule has 3 aliphatic carbocycles. The zero-order valence-corrected chi connectivity index (χ0v) is 13.2. The molecule has 3 saturated carbocycles. The van der Waals surface area contributed by atoms with Crippen LogP contribution in [0, 0.1) is 23.2 Å². The molecule has 5 nitrogen and oxygen atoms in total. The third-order valence-electron chi connectivity index (χ3n) is 6.15. The Morgan fingerprint density at radius 1 is 1.24 bits per heavy atom. The van der Waals surface area contributed by atoms with E-state index in [0.717, 1.165) is 12.3 Å². The highest BCUT2D eigenvalue weighted by Crippen LogP contribution is 2.72. The minimum atomic E-state index is -0.472. The van der Waals surface area contributed by atoms with Crippen molar-refractivity contribution in [1.82, 2.24) is 0 Å². The Morgan fingerprint density at radius 3 is 2.52 bits per heavy atom. The summed E-state index contributed by atoms with van der Waals surface area (Å²) in [5.74, 6) is 0.0306. The molecule has 0 aromatic heterocycles. The summed E-state index contributed by atoms with van der Waals surface area (Å²) >= 11 is 0. The van der Waals surface area contributed by atoms with Crippen LogP contribution in [0.2, 0.25) is 0 Å². The molecule has 5 heteroatoms. The van der Waals surface area contributed by atoms with Crippen LogP contribution in [0.5, 0.6) is 0 Å². The van der Waals surface area contributed by atoms with Gasteiger partial charge in [-0.25, -0.2) is 0 Å². The van der Waals surface area contributed by atoms with Crippen molar-refractivity contribution >= 4 is 11.9 Å². The monoisotopic (exact) mass is 296 g/mol. The maximum atomic E-state index is 12.0. The molecule has 0 amide bonds. The van der Waals surface area contributed by atoms with Crippen LogP contribution in [-0.4, -0.2) is 37.9 Å². The van der Waals surface area contributed by atoms with Crippen LogP contribution in [0.25, 0.3) is 0 Å². The summed E-state index contributed by atoms with van der Waals surface area (Å²) in [5, 5.41) is 0. The van der Waals surface area contributed by atoms with E-state index in [1.54, 1.807) is 0 Å². The molecule has 0 aromatic rings. The van der Waals surface area contributed by atoms with Crippen molar-refractivity contribution < 1.29 is 23.8 Å². The van der Waals surface area contributed by atoms with Gasteiger partial charge >= 0.3 is 11.9 Å². The lowest BCUT2D eigenvalue weighted by atomic mass is 9.44. The van der Waals surface area contributed by atoms with Gasteiger partial charge in [0.1, 0.15) is 0 Å². The number of epoxide rings is 1. The first-order valence-electron chi connectivity index (χ1n) is 7.67. The molecule has 5 atom stereocenters. The summed E-state index contributed by atoms with van der Waals surface area (Å²) in [6.45, 7) is 4.58. The van der Waals surface area contributed by atoms with Gasteiger partial charge in [0.2, 0.25) is 0 Å². The SMILES string of the molecule is COC(=O)C[C@@H](C[C@]12O[C@H]1C[C@H]1C[C@@H]2C1(C)C)C(=O)OC. The Morgan fingerprint density at radius 2 is 1.95 bits per heavy atom. The lowest BCUT2D eigenvalue weighted by molar-refractivity contribution is -0.154. The number of esters is 2. The van der Waals surface area contributed by atoms with Gasteiger partial charge in [-0.15, -0.1) is 0 Å². The molecule has 21 heavy (non-hydrogen) atoms. The molecule has 1 saturated heterocycles. The number of hydrogen-bond acceptors (Lipinski definition) is 5. The van der Waals surface area contributed by atoms with Crippen LogP contribution in [-0.2, 0) is 23.8 Å². The first-order chi connectivity index (χ1) is 9.85. The van der Waals surface area contributed by atoms with Crippen LogP contribution in [0.4, 0.5) is 0 Å². The third kappa shape index (κ3) is 2.08. The standard InChI is InChI=1S/C16H24O5/c1-15(2)10-6-11(15)16(12(7-10)21-16)8-9(14(18)20-4)5-13(17)19-3/h9-12H,5-8H2,1-4H3/t9-,10+,11+,12-,16+/m0/s1. The van der Waals surface area contributed by atoms with Gasteiger partial charge in [-0.3, -0.25) is 9.59 Å². The van der Waals surface area contributed by atoms with E-state index in [-0.39, 0.29) is 35.5 Å². The average molecular weight is 296 g/mol. The molecule has 0 unspecified atom stereocenters. The lowest BCUT2D eigenvalue weighted by Crippen LogP contribution is -2.57. The van der Waals surface area contributed by atoms with Crippen molar-refractivity contribution in [2.45, 2.75) is 51.2 Å². The van der Waals surface area contributed by atoms with Crippen molar-refractivity contribution in [3.63, 3.8) is 0 Å². The molecular formula is C16H24O5. The largest absolute Gasteiger partial charge is 0.469 e. The van der Waals surface area contributed by atoms with Gasteiger partial charge in [0.05, 0.1) is 38.3 Å². The minimum absolute atomic E-state index is 0.0670. The molecule has 0 radical (unpaired) electrons. The Balaban J connectivity index is 1.74. The molecule has 0 spiro atoms. The maximum Gasteiger partial charge on any atom is 0.309 e. The van der Waals surface area contributed by atoms with Crippen LogP contribution >= 0.6 is 0 Å². The molecule has 2 bridgehead atoms. The van der Waals surface area contributed by atoms with Crippen LogP contribution in [0.3, 0.4) is 0 Å². The summed E-state index contributed by atoms with van der Waals surface area (Å²) in [6.07, 6.45) is 3.15. The summed E-state index contributed by atoms with van der Waals surface area (Å²) in [6, 6.07) is 0. The van der Waals surface area contributed by atoms with Crippen molar-refractivity contribution in [2.75, 3.05) is 14.2 Å². The molecule has 118 valence electrons. The first-order valence-corrected chi connectivity index (χ1v) is 7.67. The molecule has 0 aromatic carbocycles. The average Bonchev–Trinajstić information content (AvgIpc) is 3.19. The molecule has 4 aliphatic rings. The van der Waals surface area contributed by atoms with Gasteiger partial charge < -0.3 is 14.2 Å². The Kier molecular flexibility index (Phi) is 3.32. The van der Waals surface area contributed by atoms with Crippen molar-refractivity contribution in [2.24, 2.45) is 23.2 Å². The predicted molar refractivity (Wildman–Crippen MR) is 74.4 cm³/mol. The Hall–Kier alpha value is -1.10. The van der Waals surface area contributed by atoms with Gasteiger partial charge in [0.15, 0.2) is 0 Å². The number of rotatable bonds is 5. The number of methoxy groups -OCH3 is 2. The minimum Gasteiger partial charge on any atom is -0.469 e. The van der Waals surface area contributed by atoms with E-state index in [1.807, 2.05) is 0 Å². The van der Waals surface area contributed by atoms with E-state index in [1.165, 1.54) is 20.6 Å². The Bertz CT molecular complexity index is 471. The van der Waals surface area contributed by atoms with Crippen LogP contribution in [0.1, 0.15) is 39.5 Å². The molecule has 0 N–H and O–H groups in total. The first kappa shape index (κ1) is 14.8. The van der Waals surface area contributed by atoms with Crippen molar-refractivity contribution in [1.29, 1.82) is 0 Å². The smallest absolute Gasteiger partial charge is 0.309 e. The van der Waals surface area contributed by atoms with Crippen molar-refractivity contribution in [3.8, 4) is 0 Å². The topological polar surface area (TPSA) is 65.1 Å². The van der Waals surface area contributed by atoms with Gasteiger partial charge in [-0.1, -0.05) is 13.8 Å². The van der Waals surface area contributed by atoms with Gasteiger partial charge in [0.25, 0.3) is 0 Å². The van der Waals surface area contributed by atoms with Crippen molar-refractivity contribution in [3.05, 3.63) is 0 Å². The lowest BCUT2D eigenvalue weighted by Gasteiger charge is -2.58. The normalized spacial score (nSPS) is 39.5. The second-order valence-corrected chi connectivity index (χ2v) is 7.31. The zero-order chi connectivity index (χ0) is 15.4. The number of hydrogen-bond donors (Lipinski definition) is 0. The van der Waals surface area contributed by atoms with E-state index in [4.69, 9.17) is 14.2 Å². The predicted octanol–water partition coefficient (Wildman–Crippen LogP) is 1.93. The summed E-state index contributed by atoms with van der Waals surface area (Å²) in [5.41, 5.74) is 0.0596. The fourth-order valence-electron chi connectivity index (χ4n) is 4.69. The number of carbonyl (C=O) groups excluding carboxylic acids is 2. The quantitative estimate of drug-likeness (QED) is 0.573. The molecule has 4 rings (SSSR count). The van der Waals surface area contributed by atoms with Crippen LogP contribution < -0.4 is 0 Å². The van der Waals surface area contributed by atoms with Gasteiger partial charge in [-0.05, 0) is 36.5 Å². The third-order valence-corrected chi connectivity index (χ3v) is 6.15.